The molecular weight excluding hydrogens is 406 g/mol. The largest absolute Gasteiger partial charge is 0.489 e. The highest BCUT2D eigenvalue weighted by molar-refractivity contribution is 9.11. The lowest BCUT2D eigenvalue weighted by Crippen LogP contribution is -2.29. The second-order valence-corrected chi connectivity index (χ2v) is 8.61. The van der Waals surface area contributed by atoms with Crippen LogP contribution in [-0.4, -0.2) is 28.4 Å². The van der Waals surface area contributed by atoms with Crippen LogP contribution in [0.25, 0.3) is 10.6 Å². The molecule has 0 saturated heterocycles. The van der Waals surface area contributed by atoms with Crippen molar-refractivity contribution in [3.05, 3.63) is 33.2 Å². The second-order valence-electron chi connectivity index (χ2n) is 6.17. The molecule has 1 aliphatic rings. The Morgan fingerprint density at radius 3 is 2.92 bits per heavy atom. The lowest BCUT2D eigenvalue weighted by Gasteiger charge is -2.27. The van der Waals surface area contributed by atoms with Crippen LogP contribution in [0, 0.1) is 12.8 Å². The summed E-state index contributed by atoms with van der Waals surface area (Å²) in [7, 11) is 0. The molecule has 1 fully saturated rings. The average molecular weight is 424 g/mol. The number of nitrogens with zero attached hydrogens (tertiary/aromatic N) is 1. The fourth-order valence-electron chi connectivity index (χ4n) is 3.12. The normalized spacial score (nSPS) is 20.2. The molecule has 2 aromatic rings. The quantitative estimate of drug-likeness (QED) is 0.704. The number of aromatic nitrogens is 1. The number of carbonyl (C=O) groups excluding carboxylic acids is 1. The van der Waals surface area contributed by atoms with Gasteiger partial charge in [-0.2, -0.15) is 0 Å². The Morgan fingerprint density at radius 1 is 1.44 bits per heavy atom. The van der Waals surface area contributed by atoms with Gasteiger partial charge in [0.1, 0.15) is 5.75 Å². The third-order valence-electron chi connectivity index (χ3n) is 4.40. The van der Waals surface area contributed by atoms with Gasteiger partial charge in [-0.15, -0.1) is 11.3 Å². The van der Waals surface area contributed by atoms with Crippen molar-refractivity contribution in [2.24, 2.45) is 5.92 Å². The lowest BCUT2D eigenvalue weighted by molar-refractivity contribution is -0.143. The van der Waals surface area contributed by atoms with E-state index in [0.29, 0.717) is 24.2 Å². The van der Waals surface area contributed by atoms with Crippen LogP contribution in [0.3, 0.4) is 0 Å². The maximum absolute atomic E-state index is 11.2. The maximum atomic E-state index is 11.2. The number of hydrogen-bond donors (Lipinski definition) is 1. The van der Waals surface area contributed by atoms with Crippen LogP contribution in [0.1, 0.15) is 41.7 Å². The summed E-state index contributed by atoms with van der Waals surface area (Å²) in [4.78, 5) is 27.8. The highest BCUT2D eigenvalue weighted by Gasteiger charge is 2.28. The highest BCUT2D eigenvalue weighted by atomic mass is 79.9. The molecule has 0 amide bonds. The Hall–Kier alpha value is -1.73. The van der Waals surface area contributed by atoms with E-state index < -0.39 is 5.97 Å². The topological polar surface area (TPSA) is 76.5 Å². The van der Waals surface area contributed by atoms with Gasteiger partial charge < -0.3 is 9.84 Å². The van der Waals surface area contributed by atoms with Crippen LogP contribution in [0.5, 0.6) is 5.75 Å². The summed E-state index contributed by atoms with van der Waals surface area (Å²) in [5, 5.41) is 9.19. The maximum Gasteiger partial charge on any atom is 0.306 e. The molecule has 7 heteroatoms. The van der Waals surface area contributed by atoms with E-state index in [9.17, 15) is 14.7 Å². The Bertz CT molecular complexity index is 804. The van der Waals surface area contributed by atoms with Crippen LogP contribution < -0.4 is 4.74 Å². The molecule has 0 spiro atoms. The summed E-state index contributed by atoms with van der Waals surface area (Å²) in [6.45, 7) is 1.86. The zero-order valence-corrected chi connectivity index (χ0v) is 16.1. The molecule has 25 heavy (non-hydrogen) atoms. The second kappa shape index (κ2) is 7.66. The first-order valence-electron chi connectivity index (χ1n) is 8.10. The number of rotatable bonds is 5. The number of thiophene rings is 1. The third kappa shape index (κ3) is 4.10. The summed E-state index contributed by atoms with van der Waals surface area (Å²) in [6, 6.07) is 5.47. The van der Waals surface area contributed by atoms with Crippen molar-refractivity contribution < 1.29 is 19.4 Å². The molecule has 0 radical (unpaired) electrons. The van der Waals surface area contributed by atoms with Crippen molar-refractivity contribution in [1.29, 1.82) is 0 Å². The zero-order chi connectivity index (χ0) is 18.0. The molecule has 132 valence electrons. The Balaban J connectivity index is 1.78. The number of carbonyl (C=O) groups is 2. The van der Waals surface area contributed by atoms with Gasteiger partial charge in [-0.3, -0.25) is 9.59 Å². The lowest BCUT2D eigenvalue weighted by atomic mass is 9.87. The summed E-state index contributed by atoms with van der Waals surface area (Å²) in [5.41, 5.74) is 2.07. The van der Waals surface area contributed by atoms with Crippen molar-refractivity contribution >= 4 is 39.5 Å². The van der Waals surface area contributed by atoms with Crippen LogP contribution in [0.2, 0.25) is 0 Å². The van der Waals surface area contributed by atoms with Crippen molar-refractivity contribution in [3.8, 4) is 16.3 Å². The van der Waals surface area contributed by atoms with Gasteiger partial charge in [0.05, 0.1) is 32.1 Å². The molecule has 3 rings (SSSR count). The minimum absolute atomic E-state index is 0.0948. The number of ether oxygens (including phenoxy) is 1. The van der Waals surface area contributed by atoms with Crippen molar-refractivity contribution in [2.75, 3.05) is 0 Å². The molecule has 1 N–H and O–H groups in total. The minimum Gasteiger partial charge on any atom is -0.489 e. The first-order valence-corrected chi connectivity index (χ1v) is 9.71. The molecule has 2 heterocycles. The summed E-state index contributed by atoms with van der Waals surface area (Å²) in [5.74, 6) is -0.406. The van der Waals surface area contributed by atoms with Gasteiger partial charge in [0, 0.05) is 5.56 Å². The van der Waals surface area contributed by atoms with Gasteiger partial charge in [-0.25, -0.2) is 4.98 Å². The number of carboxylic acid groups (broad SMARTS) is 1. The van der Waals surface area contributed by atoms with Crippen LogP contribution in [0.15, 0.2) is 22.0 Å². The van der Waals surface area contributed by atoms with E-state index in [4.69, 9.17) is 4.74 Å². The van der Waals surface area contributed by atoms with E-state index in [0.717, 1.165) is 39.2 Å². The monoisotopic (exact) mass is 423 g/mol. The molecule has 0 aromatic carbocycles. The number of aliphatic carboxylic acids is 1. The van der Waals surface area contributed by atoms with E-state index in [1.54, 1.807) is 6.07 Å². The molecule has 0 bridgehead atoms. The van der Waals surface area contributed by atoms with Gasteiger partial charge in [-0.05, 0) is 66.7 Å². The predicted molar refractivity (Wildman–Crippen MR) is 99.4 cm³/mol. The van der Waals surface area contributed by atoms with E-state index in [1.165, 1.54) is 11.3 Å². The van der Waals surface area contributed by atoms with Gasteiger partial charge in [0.2, 0.25) is 0 Å². The van der Waals surface area contributed by atoms with Crippen LogP contribution >= 0.6 is 27.3 Å². The van der Waals surface area contributed by atoms with E-state index in [2.05, 4.69) is 20.9 Å². The van der Waals surface area contributed by atoms with Crippen LogP contribution in [-0.2, 0) is 4.79 Å². The SMILES string of the molecule is Cc1nc(-c2sc(Br)cc2C=O)ccc1O[C@H]1CCC[C@H](C(=O)O)C1. The number of pyridine rings is 1. The molecule has 1 aliphatic carbocycles. The molecule has 2 aromatic heterocycles. The number of carboxylic acids is 1. The summed E-state index contributed by atoms with van der Waals surface area (Å²) in [6.07, 6.45) is 3.70. The first kappa shape index (κ1) is 18.1. The molecule has 0 aliphatic heterocycles. The molecular formula is C18H18BrNO4S. The molecule has 1 saturated carbocycles. The van der Waals surface area contributed by atoms with Crippen molar-refractivity contribution in [2.45, 2.75) is 38.7 Å². The van der Waals surface area contributed by atoms with E-state index in [1.807, 2.05) is 19.1 Å². The smallest absolute Gasteiger partial charge is 0.306 e. The van der Waals surface area contributed by atoms with E-state index in [-0.39, 0.29) is 12.0 Å². The molecule has 0 unspecified atom stereocenters. The average Bonchev–Trinajstić information content (AvgIpc) is 2.98. The van der Waals surface area contributed by atoms with Gasteiger partial charge in [-0.1, -0.05) is 0 Å². The number of aldehydes is 1. The fraction of sp³-hybridized carbons (Fsp3) is 0.389. The fourth-order valence-corrected chi connectivity index (χ4v) is 4.67. The van der Waals surface area contributed by atoms with Gasteiger partial charge >= 0.3 is 5.97 Å². The zero-order valence-electron chi connectivity index (χ0n) is 13.7. The Morgan fingerprint density at radius 2 is 2.24 bits per heavy atom. The van der Waals surface area contributed by atoms with Crippen molar-refractivity contribution in [3.63, 3.8) is 0 Å². The third-order valence-corrected chi connectivity index (χ3v) is 6.07. The molecule has 2 atom stereocenters. The summed E-state index contributed by atoms with van der Waals surface area (Å²) < 4.78 is 6.90. The Kier molecular flexibility index (Phi) is 5.54. The number of halogens is 1. The molecule has 5 nitrogen and oxygen atoms in total. The summed E-state index contributed by atoms with van der Waals surface area (Å²) >= 11 is 4.86. The number of aryl methyl sites for hydroxylation is 1. The van der Waals surface area contributed by atoms with Gasteiger partial charge in [0.15, 0.2) is 6.29 Å². The highest BCUT2D eigenvalue weighted by Crippen LogP contribution is 2.35. The van der Waals surface area contributed by atoms with Gasteiger partial charge in [0.25, 0.3) is 0 Å². The minimum atomic E-state index is -0.747. The first-order chi connectivity index (χ1) is 12.0. The van der Waals surface area contributed by atoms with Crippen LogP contribution in [0.4, 0.5) is 0 Å². The predicted octanol–water partition coefficient (Wildman–Crippen LogP) is 4.72. The number of hydrogen-bond acceptors (Lipinski definition) is 5. The van der Waals surface area contributed by atoms with E-state index >= 15 is 0 Å². The van der Waals surface area contributed by atoms with Crippen molar-refractivity contribution in [1.82, 2.24) is 4.98 Å². The Labute approximate surface area is 158 Å². The standard InChI is InChI=1S/C18H18BrNO4S/c1-10-15(24-13-4-2-3-11(7-13)18(22)23)6-5-14(20-10)17-12(9-21)8-16(19)25-17/h5-6,8-9,11,13H,2-4,7H2,1H3,(H,22,23)/t11-,13-/m0/s1.